The van der Waals surface area contributed by atoms with E-state index >= 15 is 0 Å². The van der Waals surface area contributed by atoms with Gasteiger partial charge in [-0.05, 0) is 50.1 Å². The molecule has 19 heavy (non-hydrogen) atoms. The number of nitrogens with one attached hydrogen (secondary N) is 1. The Morgan fingerprint density at radius 3 is 2.63 bits per heavy atom. The molecular formula is C13H17BN2O3. The molecule has 0 unspecified atom stereocenters. The van der Waals surface area contributed by atoms with E-state index in [0.717, 1.165) is 37.2 Å². The highest BCUT2D eigenvalue weighted by molar-refractivity contribution is 6.58. The fourth-order valence-corrected chi connectivity index (χ4v) is 3.09. The van der Waals surface area contributed by atoms with Crippen LogP contribution in [0.15, 0.2) is 18.2 Å². The molecule has 1 spiro atoms. The highest BCUT2D eigenvalue weighted by atomic mass is 16.4. The van der Waals surface area contributed by atoms with Gasteiger partial charge in [-0.25, -0.2) is 0 Å². The molecule has 100 valence electrons. The van der Waals surface area contributed by atoms with Crippen LogP contribution in [0.4, 0.5) is 5.69 Å². The molecule has 5 nitrogen and oxygen atoms in total. The molecule has 1 aromatic rings. The summed E-state index contributed by atoms with van der Waals surface area (Å²) in [6, 6.07) is 5.15. The van der Waals surface area contributed by atoms with Crippen molar-refractivity contribution >= 4 is 24.2 Å². The summed E-state index contributed by atoms with van der Waals surface area (Å²) in [5.74, 6) is 0.0418. The quantitative estimate of drug-likeness (QED) is 0.583. The Bertz CT molecular complexity index is 525. The van der Waals surface area contributed by atoms with Crippen LogP contribution in [-0.2, 0) is 10.2 Å². The third-order valence-electron chi connectivity index (χ3n) is 4.38. The number of amides is 1. The first kappa shape index (κ1) is 12.7. The van der Waals surface area contributed by atoms with E-state index in [9.17, 15) is 14.8 Å². The molecule has 0 atom stereocenters. The van der Waals surface area contributed by atoms with Crippen molar-refractivity contribution in [3.05, 3.63) is 23.8 Å². The highest BCUT2D eigenvalue weighted by Crippen LogP contribution is 2.44. The van der Waals surface area contributed by atoms with Gasteiger partial charge in [-0.15, -0.1) is 0 Å². The van der Waals surface area contributed by atoms with Gasteiger partial charge in [0.15, 0.2) is 0 Å². The molecule has 3 rings (SSSR count). The molecule has 2 aliphatic heterocycles. The van der Waals surface area contributed by atoms with Crippen LogP contribution in [0.5, 0.6) is 0 Å². The minimum Gasteiger partial charge on any atom is -0.423 e. The number of rotatable bonds is 1. The van der Waals surface area contributed by atoms with E-state index in [0.29, 0.717) is 5.46 Å². The fraction of sp³-hybridized carbons (Fsp3) is 0.462. The monoisotopic (exact) mass is 260 g/mol. The van der Waals surface area contributed by atoms with Crippen molar-refractivity contribution in [2.24, 2.45) is 0 Å². The Morgan fingerprint density at radius 1 is 1.32 bits per heavy atom. The van der Waals surface area contributed by atoms with Gasteiger partial charge < -0.3 is 20.3 Å². The number of likely N-dealkylation sites (tertiary alicyclic amines) is 1. The zero-order valence-electron chi connectivity index (χ0n) is 10.9. The van der Waals surface area contributed by atoms with Gasteiger partial charge >= 0.3 is 7.12 Å². The summed E-state index contributed by atoms with van der Waals surface area (Å²) in [5.41, 5.74) is 1.66. The molecule has 2 aliphatic rings. The van der Waals surface area contributed by atoms with Crippen molar-refractivity contribution in [3.8, 4) is 0 Å². The summed E-state index contributed by atoms with van der Waals surface area (Å²) in [7, 11) is 0.554. The number of benzene rings is 1. The largest absolute Gasteiger partial charge is 0.488 e. The maximum absolute atomic E-state index is 12.3. The predicted molar refractivity (Wildman–Crippen MR) is 73.3 cm³/mol. The summed E-state index contributed by atoms with van der Waals surface area (Å²) >= 11 is 0. The van der Waals surface area contributed by atoms with Gasteiger partial charge in [-0.1, -0.05) is 12.1 Å². The number of carbonyl (C=O) groups is 1. The minimum absolute atomic E-state index is 0.0418. The summed E-state index contributed by atoms with van der Waals surface area (Å²) in [5, 5.41) is 21.5. The van der Waals surface area contributed by atoms with Gasteiger partial charge in [0, 0.05) is 5.69 Å². The van der Waals surface area contributed by atoms with Crippen molar-refractivity contribution in [2.45, 2.75) is 18.3 Å². The van der Waals surface area contributed by atoms with Crippen LogP contribution in [0.1, 0.15) is 18.4 Å². The molecular weight excluding hydrogens is 243 g/mol. The van der Waals surface area contributed by atoms with Crippen molar-refractivity contribution in [3.63, 3.8) is 0 Å². The molecule has 1 aromatic carbocycles. The Hall–Kier alpha value is -1.37. The molecule has 1 amide bonds. The normalized spacial score (nSPS) is 21.3. The fourth-order valence-electron chi connectivity index (χ4n) is 3.09. The van der Waals surface area contributed by atoms with Gasteiger partial charge in [0.05, 0.1) is 5.41 Å². The van der Waals surface area contributed by atoms with E-state index in [1.165, 1.54) is 0 Å². The van der Waals surface area contributed by atoms with E-state index in [2.05, 4.69) is 17.3 Å². The van der Waals surface area contributed by atoms with Crippen LogP contribution < -0.4 is 10.8 Å². The first-order chi connectivity index (χ1) is 9.03. The van der Waals surface area contributed by atoms with E-state index in [4.69, 9.17) is 0 Å². The number of piperidine rings is 1. The molecule has 0 saturated carbocycles. The summed E-state index contributed by atoms with van der Waals surface area (Å²) in [6.45, 7) is 1.75. The molecule has 1 fully saturated rings. The highest BCUT2D eigenvalue weighted by Gasteiger charge is 2.48. The van der Waals surface area contributed by atoms with Crippen LogP contribution >= 0.6 is 0 Å². The lowest BCUT2D eigenvalue weighted by Gasteiger charge is -2.36. The number of nitrogens with zero attached hydrogens (tertiary/aromatic N) is 1. The third kappa shape index (κ3) is 1.87. The van der Waals surface area contributed by atoms with Crippen LogP contribution in [0.25, 0.3) is 0 Å². The lowest BCUT2D eigenvalue weighted by molar-refractivity contribution is -0.122. The zero-order chi connectivity index (χ0) is 13.6. The van der Waals surface area contributed by atoms with E-state index < -0.39 is 12.5 Å². The summed E-state index contributed by atoms with van der Waals surface area (Å²) in [6.07, 6.45) is 1.54. The van der Waals surface area contributed by atoms with Crippen molar-refractivity contribution < 1.29 is 14.8 Å². The second kappa shape index (κ2) is 4.33. The molecule has 0 aliphatic carbocycles. The minimum atomic E-state index is -1.50. The summed E-state index contributed by atoms with van der Waals surface area (Å²) in [4.78, 5) is 14.6. The molecule has 0 aromatic heterocycles. The first-order valence-electron chi connectivity index (χ1n) is 6.53. The smallest absolute Gasteiger partial charge is 0.423 e. The zero-order valence-corrected chi connectivity index (χ0v) is 10.9. The average molecular weight is 260 g/mol. The van der Waals surface area contributed by atoms with Crippen molar-refractivity contribution in [1.82, 2.24) is 4.90 Å². The van der Waals surface area contributed by atoms with Crippen LogP contribution in [0.3, 0.4) is 0 Å². The molecule has 2 heterocycles. The second-order valence-electron chi connectivity index (χ2n) is 5.52. The first-order valence-corrected chi connectivity index (χ1v) is 6.53. The van der Waals surface area contributed by atoms with Crippen molar-refractivity contribution in [1.29, 1.82) is 0 Å². The average Bonchev–Trinajstić information content (AvgIpc) is 2.65. The van der Waals surface area contributed by atoms with E-state index in [1.54, 1.807) is 18.2 Å². The van der Waals surface area contributed by atoms with Gasteiger partial charge in [0.2, 0.25) is 5.91 Å². The Labute approximate surface area is 112 Å². The van der Waals surface area contributed by atoms with Crippen LogP contribution in [0.2, 0.25) is 0 Å². The molecule has 0 radical (unpaired) electrons. The topological polar surface area (TPSA) is 72.8 Å². The SMILES string of the molecule is CN1CCC2(CC1)C(=O)Nc1ccc(B(O)O)cc12. The number of carbonyl (C=O) groups excluding carboxylic acids is 1. The van der Waals surface area contributed by atoms with E-state index in [1.807, 2.05) is 0 Å². The molecule has 3 N–H and O–H groups in total. The van der Waals surface area contributed by atoms with Gasteiger partial charge in [-0.2, -0.15) is 0 Å². The molecule has 0 bridgehead atoms. The number of anilines is 1. The molecule has 1 saturated heterocycles. The lowest BCUT2D eigenvalue weighted by atomic mass is 9.70. The van der Waals surface area contributed by atoms with Crippen LogP contribution in [0, 0.1) is 0 Å². The maximum atomic E-state index is 12.3. The Morgan fingerprint density at radius 2 is 2.00 bits per heavy atom. The van der Waals surface area contributed by atoms with E-state index in [-0.39, 0.29) is 5.91 Å². The Kier molecular flexibility index (Phi) is 2.89. The van der Waals surface area contributed by atoms with Gasteiger partial charge in [0.1, 0.15) is 0 Å². The van der Waals surface area contributed by atoms with Crippen LogP contribution in [-0.4, -0.2) is 48.1 Å². The number of fused-ring (bicyclic) bond motifs is 2. The van der Waals surface area contributed by atoms with Gasteiger partial charge in [0.25, 0.3) is 0 Å². The predicted octanol–water partition coefficient (Wildman–Crippen LogP) is -0.718. The second-order valence-corrected chi connectivity index (χ2v) is 5.52. The number of hydrogen-bond donors (Lipinski definition) is 3. The molecule has 6 heteroatoms. The Balaban J connectivity index is 2.05. The lowest BCUT2D eigenvalue weighted by Crippen LogP contribution is -2.45. The maximum Gasteiger partial charge on any atom is 0.488 e. The summed E-state index contributed by atoms with van der Waals surface area (Å²) < 4.78 is 0. The third-order valence-corrected chi connectivity index (χ3v) is 4.38. The number of hydrogen-bond acceptors (Lipinski definition) is 4. The standard InChI is InChI=1S/C13H17BN2O3/c1-16-6-4-13(5-7-16)10-8-9(14(18)19)2-3-11(10)15-12(13)17/h2-3,8,18-19H,4-7H2,1H3,(H,15,17). The van der Waals surface area contributed by atoms with Crippen molar-refractivity contribution in [2.75, 3.05) is 25.5 Å². The van der Waals surface area contributed by atoms with Gasteiger partial charge in [-0.3, -0.25) is 4.79 Å².